The van der Waals surface area contributed by atoms with Gasteiger partial charge in [-0.25, -0.2) is 0 Å². The van der Waals surface area contributed by atoms with Gasteiger partial charge in [-0.3, -0.25) is 0 Å². The van der Waals surface area contributed by atoms with E-state index in [-0.39, 0.29) is 0 Å². The third kappa shape index (κ3) is 2.25. The van der Waals surface area contributed by atoms with Gasteiger partial charge in [0.05, 0.1) is 0 Å². The summed E-state index contributed by atoms with van der Waals surface area (Å²) in [5.41, 5.74) is 0. The quantitative estimate of drug-likeness (QED) is 0.705. The first-order chi connectivity index (χ1) is 6.40. The molecule has 0 aromatic carbocycles. The van der Waals surface area contributed by atoms with Crippen LogP contribution in [0.3, 0.4) is 0 Å². The van der Waals surface area contributed by atoms with Crippen molar-refractivity contribution in [3.05, 3.63) is 0 Å². The maximum Gasteiger partial charge on any atom is 0.00984 e. The Morgan fingerprint density at radius 2 is 2.08 bits per heavy atom. The summed E-state index contributed by atoms with van der Waals surface area (Å²) in [7, 11) is 0. The highest BCUT2D eigenvalue weighted by molar-refractivity contribution is 4.90. The lowest BCUT2D eigenvalue weighted by Gasteiger charge is -2.21. The Balaban J connectivity index is 1.86. The van der Waals surface area contributed by atoms with Crippen LogP contribution in [0.5, 0.6) is 0 Å². The standard InChI is InChI=1S/C12H23N/c1-2-3-5-10-6-4-7-11-8-9-12(10)13-11/h10-13H,2-9H2,1H3. The number of rotatable bonds is 3. The van der Waals surface area contributed by atoms with Crippen LogP contribution >= 0.6 is 0 Å². The molecule has 0 aliphatic carbocycles. The molecule has 0 aromatic rings. The van der Waals surface area contributed by atoms with Crippen LogP contribution in [-0.2, 0) is 0 Å². The van der Waals surface area contributed by atoms with Gasteiger partial charge in [-0.1, -0.05) is 26.2 Å². The zero-order chi connectivity index (χ0) is 9.10. The molecule has 2 fully saturated rings. The molecule has 0 amide bonds. The number of hydrogen-bond acceptors (Lipinski definition) is 1. The SMILES string of the molecule is CCCCC1CCCC2CCC1N2. The van der Waals surface area contributed by atoms with Gasteiger partial charge in [-0.2, -0.15) is 0 Å². The van der Waals surface area contributed by atoms with Crippen molar-refractivity contribution < 1.29 is 0 Å². The molecule has 1 N–H and O–H groups in total. The van der Waals surface area contributed by atoms with Crippen LogP contribution in [0, 0.1) is 5.92 Å². The molecular formula is C12H23N. The molecule has 0 radical (unpaired) electrons. The second-order valence-corrected chi connectivity index (χ2v) is 4.88. The summed E-state index contributed by atoms with van der Waals surface area (Å²) < 4.78 is 0. The van der Waals surface area contributed by atoms with Gasteiger partial charge >= 0.3 is 0 Å². The van der Waals surface area contributed by atoms with E-state index in [1.807, 2.05) is 0 Å². The molecule has 2 aliphatic rings. The van der Waals surface area contributed by atoms with Gasteiger partial charge < -0.3 is 5.32 Å². The fourth-order valence-corrected chi connectivity index (χ4v) is 3.09. The average Bonchev–Trinajstić information content (AvgIpc) is 2.47. The zero-order valence-electron chi connectivity index (χ0n) is 8.89. The largest absolute Gasteiger partial charge is 0.311 e. The first-order valence-electron chi connectivity index (χ1n) is 6.16. The van der Waals surface area contributed by atoms with Crippen LogP contribution in [0.4, 0.5) is 0 Å². The Hall–Kier alpha value is -0.0400. The van der Waals surface area contributed by atoms with Gasteiger partial charge in [-0.05, 0) is 38.0 Å². The van der Waals surface area contributed by atoms with Gasteiger partial charge in [0, 0.05) is 12.1 Å². The van der Waals surface area contributed by atoms with Crippen LogP contribution < -0.4 is 5.32 Å². The summed E-state index contributed by atoms with van der Waals surface area (Å²) >= 11 is 0. The molecule has 13 heavy (non-hydrogen) atoms. The predicted molar refractivity (Wildman–Crippen MR) is 56.8 cm³/mol. The van der Waals surface area contributed by atoms with E-state index < -0.39 is 0 Å². The summed E-state index contributed by atoms with van der Waals surface area (Å²) in [6.07, 6.45) is 11.6. The van der Waals surface area contributed by atoms with Gasteiger partial charge in [-0.15, -0.1) is 0 Å². The third-order valence-electron chi connectivity index (χ3n) is 3.90. The van der Waals surface area contributed by atoms with Crippen LogP contribution in [0.2, 0.25) is 0 Å². The summed E-state index contributed by atoms with van der Waals surface area (Å²) in [6.45, 7) is 2.31. The van der Waals surface area contributed by atoms with E-state index in [1.165, 1.54) is 51.4 Å². The van der Waals surface area contributed by atoms with E-state index in [1.54, 1.807) is 0 Å². The molecule has 2 heterocycles. The highest BCUT2D eigenvalue weighted by atomic mass is 15.0. The van der Waals surface area contributed by atoms with Crippen LogP contribution in [-0.4, -0.2) is 12.1 Å². The minimum absolute atomic E-state index is 0.886. The molecule has 0 aromatic heterocycles. The monoisotopic (exact) mass is 181 g/mol. The molecule has 1 heteroatoms. The van der Waals surface area contributed by atoms with Gasteiger partial charge in [0.15, 0.2) is 0 Å². The molecule has 2 rings (SSSR count). The summed E-state index contributed by atoms with van der Waals surface area (Å²) in [4.78, 5) is 0. The maximum atomic E-state index is 3.81. The highest BCUT2D eigenvalue weighted by Gasteiger charge is 2.31. The van der Waals surface area contributed by atoms with E-state index in [9.17, 15) is 0 Å². The number of nitrogens with one attached hydrogen (secondary N) is 1. The Labute approximate surface area is 82.3 Å². The lowest BCUT2D eigenvalue weighted by atomic mass is 9.87. The highest BCUT2D eigenvalue weighted by Crippen LogP contribution is 2.32. The lowest BCUT2D eigenvalue weighted by molar-refractivity contribution is 0.343. The second kappa shape index (κ2) is 4.45. The van der Waals surface area contributed by atoms with Gasteiger partial charge in [0.1, 0.15) is 0 Å². The van der Waals surface area contributed by atoms with Gasteiger partial charge in [0.25, 0.3) is 0 Å². The Morgan fingerprint density at radius 1 is 1.15 bits per heavy atom. The topological polar surface area (TPSA) is 12.0 Å². The second-order valence-electron chi connectivity index (χ2n) is 4.88. The number of unbranched alkanes of at least 4 members (excludes halogenated alkanes) is 1. The molecule has 1 nitrogen and oxygen atoms in total. The first-order valence-corrected chi connectivity index (χ1v) is 6.16. The number of fused-ring (bicyclic) bond motifs is 2. The molecule has 2 aliphatic heterocycles. The maximum absolute atomic E-state index is 3.81. The Kier molecular flexibility index (Phi) is 3.26. The van der Waals surface area contributed by atoms with Crippen molar-refractivity contribution >= 4 is 0 Å². The zero-order valence-corrected chi connectivity index (χ0v) is 8.89. The Bertz CT molecular complexity index is 155. The minimum atomic E-state index is 0.886. The van der Waals surface area contributed by atoms with Crippen molar-refractivity contribution in [1.82, 2.24) is 5.32 Å². The van der Waals surface area contributed by atoms with Crippen molar-refractivity contribution in [2.45, 2.75) is 70.4 Å². The normalized spacial score (nSPS) is 39.0. The van der Waals surface area contributed by atoms with Gasteiger partial charge in [0.2, 0.25) is 0 Å². The van der Waals surface area contributed by atoms with Crippen molar-refractivity contribution in [1.29, 1.82) is 0 Å². The molecular weight excluding hydrogens is 158 g/mol. The van der Waals surface area contributed by atoms with Crippen LogP contribution in [0.15, 0.2) is 0 Å². The van der Waals surface area contributed by atoms with Crippen molar-refractivity contribution in [2.75, 3.05) is 0 Å². The lowest BCUT2D eigenvalue weighted by Crippen LogP contribution is -2.32. The van der Waals surface area contributed by atoms with Crippen molar-refractivity contribution in [2.24, 2.45) is 5.92 Å². The smallest absolute Gasteiger partial charge is 0.00984 e. The predicted octanol–water partition coefficient (Wildman–Crippen LogP) is 3.10. The molecule has 2 bridgehead atoms. The Morgan fingerprint density at radius 3 is 2.92 bits per heavy atom. The minimum Gasteiger partial charge on any atom is -0.311 e. The molecule has 3 atom stereocenters. The number of hydrogen-bond donors (Lipinski definition) is 1. The average molecular weight is 181 g/mol. The molecule has 76 valence electrons. The van der Waals surface area contributed by atoms with E-state index in [0.717, 1.165) is 18.0 Å². The molecule has 3 unspecified atom stereocenters. The van der Waals surface area contributed by atoms with Crippen LogP contribution in [0.1, 0.15) is 58.3 Å². The third-order valence-corrected chi connectivity index (χ3v) is 3.90. The fraction of sp³-hybridized carbons (Fsp3) is 1.00. The van der Waals surface area contributed by atoms with E-state index in [2.05, 4.69) is 12.2 Å². The van der Waals surface area contributed by atoms with E-state index in [4.69, 9.17) is 0 Å². The van der Waals surface area contributed by atoms with E-state index >= 15 is 0 Å². The molecule has 2 saturated heterocycles. The first kappa shape index (κ1) is 9.51. The van der Waals surface area contributed by atoms with Crippen molar-refractivity contribution in [3.8, 4) is 0 Å². The molecule has 0 saturated carbocycles. The van der Waals surface area contributed by atoms with Crippen LogP contribution in [0.25, 0.3) is 0 Å². The van der Waals surface area contributed by atoms with Crippen molar-refractivity contribution in [3.63, 3.8) is 0 Å². The fourth-order valence-electron chi connectivity index (χ4n) is 3.09. The molecule has 0 spiro atoms. The summed E-state index contributed by atoms with van der Waals surface area (Å²) in [6, 6.07) is 1.77. The summed E-state index contributed by atoms with van der Waals surface area (Å²) in [5.74, 6) is 1.01. The summed E-state index contributed by atoms with van der Waals surface area (Å²) in [5, 5.41) is 3.81. The van der Waals surface area contributed by atoms with E-state index in [0.29, 0.717) is 0 Å².